The molecular weight excluding hydrogens is 186 g/mol. The average molecular weight is 199 g/mol. The number of amides is 2. The summed E-state index contributed by atoms with van der Waals surface area (Å²) in [5.41, 5.74) is 0. The molecule has 1 aromatic heterocycles. The molecule has 0 aliphatic rings. The third-order valence-corrected chi connectivity index (χ3v) is 2.16. The highest BCUT2D eigenvalue weighted by Gasteiger charge is 2.00. The van der Waals surface area contributed by atoms with Gasteiger partial charge < -0.3 is 5.32 Å². The number of carbonyl (C=O) groups is 1. The molecule has 0 aliphatic carbocycles. The summed E-state index contributed by atoms with van der Waals surface area (Å²) < 4.78 is 0. The molecule has 1 aromatic rings. The largest absolute Gasteiger partial charge is 0.338 e. The molecule has 0 radical (unpaired) electrons. The summed E-state index contributed by atoms with van der Waals surface area (Å²) in [5, 5.41) is 7.83. The second kappa shape index (κ2) is 5.53. The van der Waals surface area contributed by atoms with Crippen LogP contribution in [0.5, 0.6) is 0 Å². The molecule has 13 heavy (non-hydrogen) atoms. The predicted molar refractivity (Wildman–Crippen MR) is 54.0 cm³/mol. The zero-order chi connectivity index (χ0) is 9.52. The third kappa shape index (κ3) is 3.89. The molecule has 0 saturated carbocycles. The van der Waals surface area contributed by atoms with E-state index in [-0.39, 0.29) is 6.03 Å². The van der Waals surface area contributed by atoms with Gasteiger partial charge in [-0.3, -0.25) is 5.32 Å². The minimum Gasteiger partial charge on any atom is -0.338 e. The summed E-state index contributed by atoms with van der Waals surface area (Å²) in [6, 6.07) is -0.177. The minimum atomic E-state index is -0.177. The van der Waals surface area contributed by atoms with Gasteiger partial charge >= 0.3 is 6.03 Å². The molecular formula is C8H13N3OS. The first-order chi connectivity index (χ1) is 6.33. The van der Waals surface area contributed by atoms with Gasteiger partial charge in [-0.15, -0.1) is 11.3 Å². The van der Waals surface area contributed by atoms with E-state index in [2.05, 4.69) is 22.5 Å². The average Bonchev–Trinajstić information content (AvgIpc) is 2.57. The summed E-state index contributed by atoms with van der Waals surface area (Å²) >= 11 is 1.41. The van der Waals surface area contributed by atoms with E-state index < -0.39 is 0 Å². The monoisotopic (exact) mass is 199 g/mol. The van der Waals surface area contributed by atoms with Crippen molar-refractivity contribution in [2.75, 3.05) is 11.9 Å². The van der Waals surface area contributed by atoms with Crippen molar-refractivity contribution in [2.24, 2.45) is 0 Å². The van der Waals surface area contributed by atoms with Crippen molar-refractivity contribution in [2.45, 2.75) is 19.8 Å². The van der Waals surface area contributed by atoms with Crippen molar-refractivity contribution in [3.05, 3.63) is 11.6 Å². The molecule has 4 nitrogen and oxygen atoms in total. The Balaban J connectivity index is 2.18. The second-order valence-electron chi connectivity index (χ2n) is 2.57. The number of aromatic nitrogens is 1. The van der Waals surface area contributed by atoms with Crippen LogP contribution in [-0.4, -0.2) is 17.6 Å². The van der Waals surface area contributed by atoms with E-state index in [1.54, 1.807) is 6.20 Å². The fourth-order valence-corrected chi connectivity index (χ4v) is 1.33. The number of nitrogens with zero attached hydrogens (tertiary/aromatic N) is 1. The number of hydrogen-bond donors (Lipinski definition) is 2. The van der Waals surface area contributed by atoms with Crippen LogP contribution in [0.3, 0.4) is 0 Å². The van der Waals surface area contributed by atoms with E-state index >= 15 is 0 Å². The standard InChI is InChI=1S/C8H13N3OS/c1-2-3-4-9-7(12)11-8-10-5-6-13-8/h5-6H,2-4H2,1H3,(H2,9,10,11,12). The summed E-state index contributed by atoms with van der Waals surface area (Å²) in [5.74, 6) is 0. The van der Waals surface area contributed by atoms with E-state index in [1.807, 2.05) is 5.38 Å². The van der Waals surface area contributed by atoms with Gasteiger partial charge in [0.15, 0.2) is 5.13 Å². The van der Waals surface area contributed by atoms with Crippen molar-refractivity contribution < 1.29 is 4.79 Å². The molecule has 72 valence electrons. The van der Waals surface area contributed by atoms with Crippen molar-refractivity contribution in [1.29, 1.82) is 0 Å². The first kappa shape index (κ1) is 9.98. The number of nitrogens with one attached hydrogen (secondary N) is 2. The Labute approximate surface area is 81.4 Å². The second-order valence-corrected chi connectivity index (χ2v) is 3.47. The molecule has 0 fully saturated rings. The predicted octanol–water partition coefficient (Wildman–Crippen LogP) is 2.06. The molecule has 2 amide bonds. The van der Waals surface area contributed by atoms with Crippen LogP contribution in [0.15, 0.2) is 11.6 Å². The Morgan fingerprint density at radius 3 is 3.15 bits per heavy atom. The molecule has 0 aromatic carbocycles. The molecule has 0 saturated heterocycles. The van der Waals surface area contributed by atoms with Crippen LogP contribution in [0.25, 0.3) is 0 Å². The third-order valence-electron chi connectivity index (χ3n) is 1.47. The summed E-state index contributed by atoms with van der Waals surface area (Å²) in [4.78, 5) is 15.1. The first-order valence-electron chi connectivity index (χ1n) is 4.27. The fourth-order valence-electron chi connectivity index (χ4n) is 0.805. The Hall–Kier alpha value is -1.10. The number of hydrogen-bond acceptors (Lipinski definition) is 3. The van der Waals surface area contributed by atoms with Crippen molar-refractivity contribution in [3.63, 3.8) is 0 Å². The first-order valence-corrected chi connectivity index (χ1v) is 5.15. The Morgan fingerprint density at radius 2 is 2.54 bits per heavy atom. The van der Waals surface area contributed by atoms with Crippen LogP contribution in [0.1, 0.15) is 19.8 Å². The van der Waals surface area contributed by atoms with E-state index in [1.165, 1.54) is 11.3 Å². The van der Waals surface area contributed by atoms with E-state index in [0.717, 1.165) is 12.8 Å². The lowest BCUT2D eigenvalue weighted by molar-refractivity contribution is 0.252. The van der Waals surface area contributed by atoms with Crippen LogP contribution < -0.4 is 10.6 Å². The normalized spacial score (nSPS) is 9.62. The summed E-state index contributed by atoms with van der Waals surface area (Å²) in [7, 11) is 0. The van der Waals surface area contributed by atoms with Crippen LogP contribution in [0, 0.1) is 0 Å². The van der Waals surface area contributed by atoms with Crippen LogP contribution in [-0.2, 0) is 0 Å². The van der Waals surface area contributed by atoms with Crippen molar-refractivity contribution >= 4 is 22.5 Å². The summed E-state index contributed by atoms with van der Waals surface area (Å²) in [6.45, 7) is 2.80. The molecule has 0 spiro atoms. The van der Waals surface area contributed by atoms with Crippen LogP contribution in [0.2, 0.25) is 0 Å². The minimum absolute atomic E-state index is 0.177. The maximum Gasteiger partial charge on any atom is 0.321 e. The van der Waals surface area contributed by atoms with Gasteiger partial charge in [-0.2, -0.15) is 0 Å². The maximum absolute atomic E-state index is 11.1. The van der Waals surface area contributed by atoms with Gasteiger partial charge in [-0.05, 0) is 6.42 Å². The number of carbonyl (C=O) groups excluding carboxylic acids is 1. The smallest absolute Gasteiger partial charge is 0.321 e. The topological polar surface area (TPSA) is 54.0 Å². The van der Waals surface area contributed by atoms with E-state index in [9.17, 15) is 4.79 Å². The highest BCUT2D eigenvalue weighted by molar-refractivity contribution is 7.13. The summed E-state index contributed by atoms with van der Waals surface area (Å²) in [6.07, 6.45) is 3.75. The van der Waals surface area contributed by atoms with E-state index in [4.69, 9.17) is 0 Å². The maximum atomic E-state index is 11.1. The molecule has 0 unspecified atom stereocenters. The molecule has 5 heteroatoms. The Morgan fingerprint density at radius 1 is 1.69 bits per heavy atom. The molecule has 0 bridgehead atoms. The van der Waals surface area contributed by atoms with Gasteiger partial charge in [0.2, 0.25) is 0 Å². The lowest BCUT2D eigenvalue weighted by Gasteiger charge is -2.03. The van der Waals surface area contributed by atoms with Gasteiger partial charge in [0.1, 0.15) is 0 Å². The number of anilines is 1. The van der Waals surface area contributed by atoms with Crippen LogP contribution >= 0.6 is 11.3 Å². The SMILES string of the molecule is CCCCNC(=O)Nc1nccs1. The number of rotatable bonds is 4. The fraction of sp³-hybridized carbons (Fsp3) is 0.500. The zero-order valence-electron chi connectivity index (χ0n) is 7.54. The lowest BCUT2D eigenvalue weighted by atomic mass is 10.3. The Kier molecular flexibility index (Phi) is 4.25. The quantitative estimate of drug-likeness (QED) is 0.729. The van der Waals surface area contributed by atoms with E-state index in [0.29, 0.717) is 11.7 Å². The highest BCUT2D eigenvalue weighted by atomic mass is 32.1. The lowest BCUT2D eigenvalue weighted by Crippen LogP contribution is -2.29. The van der Waals surface area contributed by atoms with Gasteiger partial charge in [0.25, 0.3) is 0 Å². The molecule has 1 heterocycles. The van der Waals surface area contributed by atoms with Crippen LogP contribution in [0.4, 0.5) is 9.93 Å². The molecule has 2 N–H and O–H groups in total. The number of unbranched alkanes of at least 4 members (excludes halogenated alkanes) is 1. The van der Waals surface area contributed by atoms with Gasteiger partial charge in [-0.25, -0.2) is 9.78 Å². The molecule has 0 atom stereocenters. The highest BCUT2D eigenvalue weighted by Crippen LogP contribution is 2.09. The zero-order valence-corrected chi connectivity index (χ0v) is 8.36. The molecule has 0 aliphatic heterocycles. The van der Waals surface area contributed by atoms with Gasteiger partial charge in [0, 0.05) is 18.1 Å². The van der Waals surface area contributed by atoms with Crippen molar-refractivity contribution in [1.82, 2.24) is 10.3 Å². The Bertz CT molecular complexity index is 248. The number of urea groups is 1. The van der Waals surface area contributed by atoms with Gasteiger partial charge in [0.05, 0.1) is 0 Å². The van der Waals surface area contributed by atoms with Gasteiger partial charge in [-0.1, -0.05) is 13.3 Å². The molecule has 1 rings (SSSR count). The van der Waals surface area contributed by atoms with Crippen molar-refractivity contribution in [3.8, 4) is 0 Å². The number of thiazole rings is 1.